The number of rotatable bonds is 3. The third kappa shape index (κ3) is 3.83. The molecule has 1 aromatic heterocycles. The Morgan fingerprint density at radius 1 is 1.28 bits per heavy atom. The van der Waals surface area contributed by atoms with Gasteiger partial charge in [-0.15, -0.1) is 0 Å². The molecular formula is C19H15ClF6N4O2. The van der Waals surface area contributed by atoms with Crippen LogP contribution in [0.15, 0.2) is 24.4 Å². The van der Waals surface area contributed by atoms with Crippen LogP contribution in [0.4, 0.5) is 31.1 Å². The molecule has 0 aliphatic carbocycles. The first-order valence-electron chi connectivity index (χ1n) is 9.01. The smallest absolute Gasteiger partial charge is 0.352 e. The molecule has 1 aromatic carbocycles. The number of nitrogens with zero attached hydrogens (tertiary/aromatic N) is 2. The standard InChI is InChI=1S/C19H15ClF6N4O2/c1-18(16(31)28-4-5-30(18)17(27)32)12(9-2-3-10(21)13(20)14(9)23)8-6-11(22)15(29-7-8)19(24,25)26/h2-3,6-7,12H,4-5H2,1H3,(H2,27,32)(H,28,31)/t12-,18?/m1/s1. The van der Waals surface area contributed by atoms with Crippen molar-refractivity contribution in [3.63, 3.8) is 0 Å². The van der Waals surface area contributed by atoms with Crippen LogP contribution in [0.3, 0.4) is 0 Å². The van der Waals surface area contributed by atoms with E-state index in [0.717, 1.165) is 17.0 Å². The Morgan fingerprint density at radius 3 is 2.50 bits per heavy atom. The number of amides is 3. The summed E-state index contributed by atoms with van der Waals surface area (Å²) in [5, 5.41) is 1.50. The first-order chi connectivity index (χ1) is 14.8. The zero-order valence-electron chi connectivity index (χ0n) is 16.2. The number of piperazine rings is 1. The fraction of sp³-hybridized carbons (Fsp3) is 0.316. The third-order valence-corrected chi connectivity index (χ3v) is 5.66. The fourth-order valence-corrected chi connectivity index (χ4v) is 4.00. The van der Waals surface area contributed by atoms with Crippen LogP contribution < -0.4 is 11.1 Å². The Labute approximate surface area is 182 Å². The molecule has 0 bridgehead atoms. The lowest BCUT2D eigenvalue weighted by Crippen LogP contribution is -2.68. The number of urea groups is 1. The van der Waals surface area contributed by atoms with Crippen molar-refractivity contribution in [3.05, 3.63) is 63.7 Å². The highest BCUT2D eigenvalue weighted by molar-refractivity contribution is 6.31. The van der Waals surface area contributed by atoms with Gasteiger partial charge >= 0.3 is 12.2 Å². The number of pyridine rings is 1. The number of nitrogens with two attached hydrogens (primary N) is 1. The number of alkyl halides is 3. The van der Waals surface area contributed by atoms with E-state index in [2.05, 4.69) is 10.3 Å². The summed E-state index contributed by atoms with van der Waals surface area (Å²) in [7, 11) is 0. The second kappa shape index (κ2) is 8.15. The van der Waals surface area contributed by atoms with Crippen LogP contribution in [0.5, 0.6) is 0 Å². The zero-order valence-corrected chi connectivity index (χ0v) is 17.0. The molecule has 3 amide bonds. The summed E-state index contributed by atoms with van der Waals surface area (Å²) < 4.78 is 82.0. The summed E-state index contributed by atoms with van der Waals surface area (Å²) in [5.41, 5.74) is 0.621. The monoisotopic (exact) mass is 480 g/mol. The lowest BCUT2D eigenvalue weighted by atomic mass is 9.73. The average molecular weight is 481 g/mol. The maximum atomic E-state index is 15.0. The lowest BCUT2D eigenvalue weighted by molar-refractivity contribution is -0.143. The quantitative estimate of drug-likeness (QED) is 0.520. The number of hydrogen-bond donors (Lipinski definition) is 2. The predicted molar refractivity (Wildman–Crippen MR) is 100 cm³/mol. The van der Waals surface area contributed by atoms with E-state index in [0.29, 0.717) is 12.3 Å². The molecular weight excluding hydrogens is 466 g/mol. The summed E-state index contributed by atoms with van der Waals surface area (Å²) in [5.74, 6) is -6.79. The van der Waals surface area contributed by atoms with Crippen molar-refractivity contribution in [3.8, 4) is 0 Å². The molecule has 0 radical (unpaired) electrons. The van der Waals surface area contributed by atoms with E-state index in [1.165, 1.54) is 6.92 Å². The van der Waals surface area contributed by atoms with Crippen LogP contribution in [-0.2, 0) is 11.0 Å². The number of halogens is 7. The van der Waals surface area contributed by atoms with Crippen LogP contribution in [-0.4, -0.2) is 40.5 Å². The maximum absolute atomic E-state index is 15.0. The highest BCUT2D eigenvalue weighted by Gasteiger charge is 2.52. The molecule has 3 rings (SSSR count). The van der Waals surface area contributed by atoms with E-state index in [9.17, 15) is 31.5 Å². The molecule has 1 aliphatic rings. The van der Waals surface area contributed by atoms with E-state index in [1.54, 1.807) is 0 Å². The number of carbonyl (C=O) groups excluding carboxylic acids is 2. The van der Waals surface area contributed by atoms with Gasteiger partial charge in [-0.1, -0.05) is 17.7 Å². The SMILES string of the molecule is CC1([C@H](c2cnc(C(F)(F)F)c(F)c2)c2ccc(F)c(Cl)c2F)C(=O)NCCN1C(N)=O. The van der Waals surface area contributed by atoms with Gasteiger partial charge in [0.1, 0.15) is 22.2 Å². The highest BCUT2D eigenvalue weighted by atomic mass is 35.5. The minimum absolute atomic E-state index is 0.0175. The molecule has 2 aromatic rings. The Hall–Kier alpha value is -3.02. The number of hydrogen-bond acceptors (Lipinski definition) is 3. The number of primary amides is 1. The first-order valence-corrected chi connectivity index (χ1v) is 9.39. The minimum atomic E-state index is -5.12. The van der Waals surface area contributed by atoms with Crippen LogP contribution in [0.1, 0.15) is 29.7 Å². The fourth-order valence-electron chi connectivity index (χ4n) is 3.83. The molecule has 0 saturated carbocycles. The van der Waals surface area contributed by atoms with Crippen molar-refractivity contribution in [2.45, 2.75) is 24.6 Å². The van der Waals surface area contributed by atoms with Crippen LogP contribution in [0.2, 0.25) is 5.02 Å². The Morgan fingerprint density at radius 2 is 1.94 bits per heavy atom. The molecule has 1 fully saturated rings. The molecule has 1 aliphatic heterocycles. The van der Waals surface area contributed by atoms with Crippen molar-refractivity contribution in [2.24, 2.45) is 5.73 Å². The molecule has 1 unspecified atom stereocenters. The summed E-state index contributed by atoms with van der Waals surface area (Å²) >= 11 is 5.66. The van der Waals surface area contributed by atoms with Gasteiger partial charge in [0.2, 0.25) is 5.91 Å². The molecule has 3 N–H and O–H groups in total. The summed E-state index contributed by atoms with van der Waals surface area (Å²) in [6.45, 7) is 1.01. The van der Waals surface area contributed by atoms with Gasteiger partial charge in [0, 0.05) is 30.8 Å². The normalized spacial score (nSPS) is 20.1. The molecule has 2 heterocycles. The van der Waals surface area contributed by atoms with Crippen LogP contribution in [0.25, 0.3) is 0 Å². The maximum Gasteiger partial charge on any atom is 0.436 e. The highest BCUT2D eigenvalue weighted by Crippen LogP contribution is 2.43. The van der Waals surface area contributed by atoms with Gasteiger partial charge in [-0.05, 0) is 24.6 Å². The Kier molecular flexibility index (Phi) is 6.02. The lowest BCUT2D eigenvalue weighted by Gasteiger charge is -2.47. The second-order valence-electron chi connectivity index (χ2n) is 7.19. The second-order valence-corrected chi connectivity index (χ2v) is 7.57. The summed E-state index contributed by atoms with van der Waals surface area (Å²) in [6.07, 6.45) is -4.52. The van der Waals surface area contributed by atoms with Gasteiger partial charge < -0.3 is 16.0 Å². The molecule has 13 heteroatoms. The van der Waals surface area contributed by atoms with E-state index >= 15 is 4.39 Å². The Bertz CT molecular complexity index is 1100. The predicted octanol–water partition coefficient (Wildman–Crippen LogP) is 3.57. The summed E-state index contributed by atoms with van der Waals surface area (Å²) in [6, 6.07) is 0.980. The average Bonchev–Trinajstić information content (AvgIpc) is 2.69. The van der Waals surface area contributed by atoms with Gasteiger partial charge in [0.05, 0.1) is 0 Å². The van der Waals surface area contributed by atoms with Crippen molar-refractivity contribution in [1.29, 1.82) is 0 Å². The van der Waals surface area contributed by atoms with Crippen molar-refractivity contribution >= 4 is 23.5 Å². The van der Waals surface area contributed by atoms with E-state index in [-0.39, 0.29) is 13.1 Å². The molecule has 1 saturated heterocycles. The van der Waals surface area contributed by atoms with Gasteiger partial charge in [-0.25, -0.2) is 22.9 Å². The van der Waals surface area contributed by atoms with Gasteiger partial charge in [0.15, 0.2) is 11.5 Å². The van der Waals surface area contributed by atoms with Crippen molar-refractivity contribution in [1.82, 2.24) is 15.2 Å². The van der Waals surface area contributed by atoms with Crippen molar-refractivity contribution in [2.75, 3.05) is 13.1 Å². The van der Waals surface area contributed by atoms with Crippen LogP contribution >= 0.6 is 11.6 Å². The topological polar surface area (TPSA) is 88.3 Å². The van der Waals surface area contributed by atoms with E-state index in [1.807, 2.05) is 0 Å². The number of aromatic nitrogens is 1. The van der Waals surface area contributed by atoms with Crippen LogP contribution in [0, 0.1) is 17.5 Å². The van der Waals surface area contributed by atoms with E-state index in [4.69, 9.17) is 17.3 Å². The molecule has 2 atom stereocenters. The first kappa shape index (κ1) is 23.6. The van der Waals surface area contributed by atoms with Gasteiger partial charge in [-0.3, -0.25) is 4.79 Å². The Balaban J connectivity index is 2.33. The largest absolute Gasteiger partial charge is 0.436 e. The van der Waals surface area contributed by atoms with Gasteiger partial charge in [0.25, 0.3) is 0 Å². The zero-order chi connectivity index (χ0) is 24.0. The number of benzene rings is 1. The molecule has 32 heavy (non-hydrogen) atoms. The summed E-state index contributed by atoms with van der Waals surface area (Å²) in [4.78, 5) is 29.0. The number of carbonyl (C=O) groups is 2. The molecule has 6 nitrogen and oxygen atoms in total. The van der Waals surface area contributed by atoms with Crippen molar-refractivity contribution < 1.29 is 35.9 Å². The minimum Gasteiger partial charge on any atom is -0.352 e. The van der Waals surface area contributed by atoms with Gasteiger partial charge in [-0.2, -0.15) is 13.2 Å². The molecule has 172 valence electrons. The third-order valence-electron chi connectivity index (χ3n) is 5.31. The van der Waals surface area contributed by atoms with E-state index < -0.39 is 68.9 Å². The molecule has 0 spiro atoms. The number of nitrogens with one attached hydrogen (secondary N) is 1.